The van der Waals surface area contributed by atoms with Gasteiger partial charge < -0.3 is 23.7 Å². The van der Waals surface area contributed by atoms with Gasteiger partial charge >= 0.3 is 5.97 Å². The molecule has 2 heterocycles. The van der Waals surface area contributed by atoms with Gasteiger partial charge in [-0.2, -0.15) is 0 Å². The molecule has 0 bridgehead atoms. The van der Waals surface area contributed by atoms with Gasteiger partial charge in [-0.3, -0.25) is 9.36 Å². The number of esters is 1. The Hall–Kier alpha value is -4.05. The molecule has 0 N–H and O–H groups in total. The molecule has 0 fully saturated rings. The Kier molecular flexibility index (Phi) is 7.98. The van der Waals surface area contributed by atoms with Crippen molar-refractivity contribution < 1.29 is 28.5 Å². The number of hydrogen-bond acceptors (Lipinski definition) is 9. The van der Waals surface area contributed by atoms with E-state index in [4.69, 9.17) is 23.7 Å². The Morgan fingerprint density at radius 3 is 2.46 bits per heavy atom. The molecular weight excluding hydrogens is 496 g/mol. The Labute approximate surface area is 217 Å². The van der Waals surface area contributed by atoms with Crippen molar-refractivity contribution in [2.45, 2.75) is 19.9 Å². The molecule has 1 aliphatic heterocycles. The number of carbonyl (C=O) groups excluding carboxylic acids is 1. The first-order valence-corrected chi connectivity index (χ1v) is 12.5. The minimum Gasteiger partial charge on any atom is -0.493 e. The molecule has 0 amide bonds. The summed E-state index contributed by atoms with van der Waals surface area (Å²) in [7, 11) is 4.39. The van der Waals surface area contributed by atoms with E-state index in [2.05, 4.69) is 4.99 Å². The number of ether oxygens (including phenoxy) is 5. The lowest BCUT2D eigenvalue weighted by Gasteiger charge is -2.23. The van der Waals surface area contributed by atoms with E-state index in [1.807, 2.05) is 32.0 Å². The van der Waals surface area contributed by atoms with Crippen LogP contribution < -0.4 is 33.8 Å². The van der Waals surface area contributed by atoms with Crippen LogP contribution in [0.25, 0.3) is 6.08 Å². The van der Waals surface area contributed by atoms with Crippen molar-refractivity contribution in [2.24, 2.45) is 4.99 Å². The van der Waals surface area contributed by atoms with Crippen LogP contribution in [0, 0.1) is 0 Å². The molecular formula is C27H28N2O7S. The first-order chi connectivity index (χ1) is 18.0. The smallest absolute Gasteiger partial charge is 0.337 e. The van der Waals surface area contributed by atoms with Gasteiger partial charge in [-0.05, 0) is 43.7 Å². The number of rotatable bonds is 9. The molecule has 0 unspecified atom stereocenters. The molecule has 37 heavy (non-hydrogen) atoms. The first kappa shape index (κ1) is 26.0. The zero-order chi connectivity index (χ0) is 26.5. The predicted molar refractivity (Wildman–Crippen MR) is 139 cm³/mol. The van der Waals surface area contributed by atoms with Gasteiger partial charge in [0.1, 0.15) is 0 Å². The van der Waals surface area contributed by atoms with Crippen LogP contribution in [0.4, 0.5) is 0 Å². The Balaban J connectivity index is 1.93. The maximum Gasteiger partial charge on any atom is 0.337 e. The van der Waals surface area contributed by atoms with Crippen molar-refractivity contribution in [2.75, 3.05) is 34.5 Å². The number of nitrogens with zero attached hydrogens (tertiary/aromatic N) is 2. The molecule has 0 aliphatic carbocycles. The Morgan fingerprint density at radius 1 is 1.03 bits per heavy atom. The summed E-state index contributed by atoms with van der Waals surface area (Å²) in [4.78, 5) is 31.4. The van der Waals surface area contributed by atoms with E-state index in [1.54, 1.807) is 38.5 Å². The molecule has 194 valence electrons. The van der Waals surface area contributed by atoms with E-state index in [0.717, 1.165) is 0 Å². The van der Waals surface area contributed by atoms with E-state index < -0.39 is 12.0 Å². The Bertz CT molecular complexity index is 1520. The molecule has 0 radical (unpaired) electrons. The highest BCUT2D eigenvalue weighted by Crippen LogP contribution is 2.35. The molecule has 10 heteroatoms. The lowest BCUT2D eigenvalue weighted by molar-refractivity contribution is -0.136. The molecule has 4 rings (SSSR count). The van der Waals surface area contributed by atoms with Crippen LogP contribution in [0.15, 0.2) is 58.0 Å². The van der Waals surface area contributed by atoms with E-state index in [0.29, 0.717) is 56.7 Å². The van der Waals surface area contributed by atoms with E-state index in [9.17, 15) is 9.59 Å². The number of hydrogen-bond donors (Lipinski definition) is 0. The molecule has 0 saturated heterocycles. The fourth-order valence-corrected chi connectivity index (χ4v) is 5.11. The van der Waals surface area contributed by atoms with Crippen LogP contribution >= 0.6 is 11.3 Å². The zero-order valence-electron chi connectivity index (χ0n) is 21.3. The van der Waals surface area contributed by atoms with Crippen molar-refractivity contribution in [3.63, 3.8) is 0 Å². The number of thiazole rings is 1. The van der Waals surface area contributed by atoms with Crippen molar-refractivity contribution in [3.8, 4) is 23.0 Å². The van der Waals surface area contributed by atoms with Gasteiger partial charge in [0, 0.05) is 11.8 Å². The van der Waals surface area contributed by atoms with Crippen LogP contribution in [0.1, 0.15) is 31.0 Å². The highest BCUT2D eigenvalue weighted by Gasteiger charge is 2.31. The van der Waals surface area contributed by atoms with Gasteiger partial charge in [0.2, 0.25) is 0 Å². The lowest BCUT2D eigenvalue weighted by atomic mass is 9.97. The summed E-state index contributed by atoms with van der Waals surface area (Å²) in [5, 5.41) is 0. The third-order valence-electron chi connectivity index (χ3n) is 5.73. The number of benzene rings is 2. The summed E-state index contributed by atoms with van der Waals surface area (Å²) >= 11 is 1.21. The third-order valence-corrected chi connectivity index (χ3v) is 6.73. The maximum atomic E-state index is 13.8. The number of aromatic nitrogens is 1. The van der Waals surface area contributed by atoms with Crippen LogP contribution in [0.3, 0.4) is 0 Å². The normalized spacial score (nSPS) is 14.8. The number of methoxy groups -OCH3 is 3. The van der Waals surface area contributed by atoms with Crippen LogP contribution in [0.5, 0.6) is 23.0 Å². The summed E-state index contributed by atoms with van der Waals surface area (Å²) in [5.74, 6) is 1.58. The van der Waals surface area contributed by atoms with E-state index in [-0.39, 0.29) is 11.1 Å². The van der Waals surface area contributed by atoms with Crippen molar-refractivity contribution in [1.29, 1.82) is 0 Å². The van der Waals surface area contributed by atoms with E-state index >= 15 is 0 Å². The van der Waals surface area contributed by atoms with Gasteiger partial charge in [-0.15, -0.1) is 0 Å². The molecule has 9 nitrogen and oxygen atoms in total. The summed E-state index contributed by atoms with van der Waals surface area (Å²) in [5.41, 5.74) is 1.26. The van der Waals surface area contributed by atoms with Crippen LogP contribution in [-0.2, 0) is 9.53 Å². The molecule has 1 atom stereocenters. The van der Waals surface area contributed by atoms with E-state index in [1.165, 1.54) is 29.2 Å². The van der Waals surface area contributed by atoms with Crippen molar-refractivity contribution in [1.82, 2.24) is 4.57 Å². The number of fused-ring (bicyclic) bond motifs is 1. The average molecular weight is 525 g/mol. The van der Waals surface area contributed by atoms with Gasteiger partial charge in [-0.1, -0.05) is 29.5 Å². The summed E-state index contributed by atoms with van der Waals surface area (Å²) < 4.78 is 29.3. The van der Waals surface area contributed by atoms with Gasteiger partial charge in [-0.25, -0.2) is 9.79 Å². The highest BCUT2D eigenvalue weighted by atomic mass is 32.1. The standard InChI is InChI=1S/C27H28N2O7S/c1-6-35-19-12-11-16(13-21(19)36-7-2)23-18(26(31)34-5)15-28-27-29(23)25(30)22(37-27)14-17-9-8-10-20(32-3)24(17)33-4/h8-15,23H,6-7H2,1-5H3/b22-14+/t23-/m1/s1. The summed E-state index contributed by atoms with van der Waals surface area (Å²) in [6, 6.07) is 10.0. The second-order valence-electron chi connectivity index (χ2n) is 7.83. The second-order valence-corrected chi connectivity index (χ2v) is 8.84. The zero-order valence-corrected chi connectivity index (χ0v) is 22.1. The highest BCUT2D eigenvalue weighted by molar-refractivity contribution is 7.07. The quantitative estimate of drug-likeness (QED) is 0.397. The predicted octanol–water partition coefficient (Wildman–Crippen LogP) is 2.83. The minimum atomic E-state index is -0.770. The van der Waals surface area contributed by atoms with Gasteiger partial charge in [0.15, 0.2) is 27.8 Å². The van der Waals surface area contributed by atoms with Crippen LogP contribution in [-0.4, -0.2) is 45.1 Å². The number of para-hydroxylation sites is 1. The molecule has 3 aromatic rings. The van der Waals surface area contributed by atoms with Crippen molar-refractivity contribution >= 4 is 23.4 Å². The molecule has 0 spiro atoms. The largest absolute Gasteiger partial charge is 0.493 e. The lowest BCUT2D eigenvalue weighted by Crippen LogP contribution is -2.39. The fourth-order valence-electron chi connectivity index (χ4n) is 4.15. The van der Waals surface area contributed by atoms with Gasteiger partial charge in [0.05, 0.1) is 50.7 Å². The number of carbonyl (C=O) groups is 1. The maximum absolute atomic E-state index is 13.8. The SMILES string of the molecule is CCOc1ccc([C@@H]2C(C(=O)OC)=CN=c3s/c(=C/c4cccc(OC)c4OC)c(=O)n32)cc1OCC. The third kappa shape index (κ3) is 4.97. The molecule has 1 aliphatic rings. The van der Waals surface area contributed by atoms with Crippen molar-refractivity contribution in [3.05, 3.63) is 79.0 Å². The molecule has 2 aromatic carbocycles. The monoisotopic (exact) mass is 524 g/mol. The second kappa shape index (κ2) is 11.3. The topological polar surface area (TPSA) is 97.6 Å². The minimum absolute atomic E-state index is 0.229. The molecule has 1 aromatic heterocycles. The van der Waals surface area contributed by atoms with Gasteiger partial charge in [0.25, 0.3) is 5.56 Å². The summed E-state index contributed by atoms with van der Waals surface area (Å²) in [6.07, 6.45) is 3.18. The summed E-state index contributed by atoms with van der Waals surface area (Å²) in [6.45, 7) is 4.65. The Morgan fingerprint density at radius 2 is 1.78 bits per heavy atom. The first-order valence-electron chi connectivity index (χ1n) is 11.7. The average Bonchev–Trinajstić information content (AvgIpc) is 3.23. The molecule has 0 saturated carbocycles. The van der Waals surface area contributed by atoms with Crippen LogP contribution in [0.2, 0.25) is 0 Å². The fraction of sp³-hybridized carbons (Fsp3) is 0.296.